The predicted molar refractivity (Wildman–Crippen MR) is 70.2 cm³/mol. The van der Waals surface area contributed by atoms with Crippen LogP contribution < -0.4 is 14.8 Å². The SMILES string of the molecule is CCCCC(C)Nc1cc2c(cc1Cl)OCO2. The van der Waals surface area contributed by atoms with Crippen molar-refractivity contribution in [1.29, 1.82) is 0 Å². The van der Waals surface area contributed by atoms with Crippen LogP contribution >= 0.6 is 11.6 Å². The van der Waals surface area contributed by atoms with Gasteiger partial charge < -0.3 is 14.8 Å². The molecule has 2 rings (SSSR count). The topological polar surface area (TPSA) is 30.5 Å². The summed E-state index contributed by atoms with van der Waals surface area (Å²) in [4.78, 5) is 0. The van der Waals surface area contributed by atoms with Crippen molar-refractivity contribution >= 4 is 17.3 Å². The highest BCUT2D eigenvalue weighted by atomic mass is 35.5. The molecule has 0 bridgehead atoms. The summed E-state index contributed by atoms with van der Waals surface area (Å²) in [6, 6.07) is 4.12. The van der Waals surface area contributed by atoms with Gasteiger partial charge in [-0.05, 0) is 13.3 Å². The third kappa shape index (κ3) is 2.97. The number of hydrogen-bond acceptors (Lipinski definition) is 3. The third-order valence-corrected chi connectivity index (χ3v) is 3.17. The number of benzene rings is 1. The van der Waals surface area contributed by atoms with Crippen LogP contribution in [-0.4, -0.2) is 12.8 Å². The number of anilines is 1. The summed E-state index contributed by atoms with van der Waals surface area (Å²) < 4.78 is 10.6. The Bertz CT molecular complexity index is 395. The van der Waals surface area contributed by atoms with Crippen molar-refractivity contribution in [3.63, 3.8) is 0 Å². The molecule has 0 radical (unpaired) electrons. The summed E-state index contributed by atoms with van der Waals surface area (Å²) in [5, 5.41) is 4.09. The maximum absolute atomic E-state index is 6.19. The number of halogens is 1. The summed E-state index contributed by atoms with van der Waals surface area (Å²) >= 11 is 6.19. The molecule has 0 amide bonds. The first-order valence-electron chi connectivity index (χ1n) is 6.06. The van der Waals surface area contributed by atoms with Crippen LogP contribution in [0.5, 0.6) is 11.5 Å². The number of rotatable bonds is 5. The lowest BCUT2D eigenvalue weighted by Crippen LogP contribution is -2.15. The van der Waals surface area contributed by atoms with Gasteiger partial charge in [-0.1, -0.05) is 31.4 Å². The standard InChI is InChI=1S/C13H18ClNO2/c1-3-4-5-9(2)15-11-7-13-12(6-10(11)14)16-8-17-13/h6-7,9,15H,3-5,8H2,1-2H3. The summed E-state index contributed by atoms with van der Waals surface area (Å²) in [5.74, 6) is 1.49. The highest BCUT2D eigenvalue weighted by Crippen LogP contribution is 2.39. The van der Waals surface area contributed by atoms with Crippen LogP contribution in [0.3, 0.4) is 0 Å². The predicted octanol–water partition coefficient (Wildman–Crippen LogP) is 4.06. The Hall–Kier alpha value is -1.09. The van der Waals surface area contributed by atoms with Gasteiger partial charge in [0.2, 0.25) is 6.79 Å². The van der Waals surface area contributed by atoms with E-state index >= 15 is 0 Å². The van der Waals surface area contributed by atoms with Crippen molar-refractivity contribution in [2.75, 3.05) is 12.1 Å². The van der Waals surface area contributed by atoms with Gasteiger partial charge in [0.15, 0.2) is 11.5 Å². The second-order valence-corrected chi connectivity index (χ2v) is 4.78. The van der Waals surface area contributed by atoms with E-state index in [9.17, 15) is 0 Å². The molecule has 0 aliphatic carbocycles. The Balaban J connectivity index is 2.05. The van der Waals surface area contributed by atoms with Crippen molar-refractivity contribution < 1.29 is 9.47 Å². The molecule has 0 aromatic heterocycles. The van der Waals surface area contributed by atoms with Gasteiger partial charge in [0, 0.05) is 18.2 Å². The molecule has 0 saturated heterocycles. The lowest BCUT2D eigenvalue weighted by atomic mass is 10.1. The van der Waals surface area contributed by atoms with E-state index in [0.717, 1.165) is 23.6 Å². The van der Waals surface area contributed by atoms with Gasteiger partial charge in [0.1, 0.15) is 0 Å². The molecule has 0 spiro atoms. The highest BCUT2D eigenvalue weighted by molar-refractivity contribution is 6.33. The van der Waals surface area contributed by atoms with Gasteiger partial charge >= 0.3 is 0 Å². The maximum atomic E-state index is 6.19. The minimum absolute atomic E-state index is 0.278. The normalized spacial score (nSPS) is 14.8. The average molecular weight is 256 g/mol. The first-order valence-corrected chi connectivity index (χ1v) is 6.44. The summed E-state index contributed by atoms with van der Waals surface area (Å²) in [7, 11) is 0. The van der Waals surface area contributed by atoms with Crippen LogP contribution in [0.15, 0.2) is 12.1 Å². The van der Waals surface area contributed by atoms with E-state index in [-0.39, 0.29) is 6.79 Å². The molecule has 17 heavy (non-hydrogen) atoms. The Labute approximate surface area is 107 Å². The molecule has 3 nitrogen and oxygen atoms in total. The molecule has 1 aliphatic heterocycles. The lowest BCUT2D eigenvalue weighted by molar-refractivity contribution is 0.174. The molecule has 4 heteroatoms. The fraction of sp³-hybridized carbons (Fsp3) is 0.538. The molecule has 1 N–H and O–H groups in total. The van der Waals surface area contributed by atoms with Crippen LogP contribution in [0, 0.1) is 0 Å². The van der Waals surface area contributed by atoms with Crippen LogP contribution in [0.1, 0.15) is 33.1 Å². The van der Waals surface area contributed by atoms with Gasteiger partial charge in [-0.3, -0.25) is 0 Å². The number of unbranched alkanes of at least 4 members (excludes halogenated alkanes) is 1. The molecule has 1 heterocycles. The van der Waals surface area contributed by atoms with E-state index in [4.69, 9.17) is 21.1 Å². The maximum Gasteiger partial charge on any atom is 0.231 e. The molecule has 0 fully saturated rings. The zero-order valence-corrected chi connectivity index (χ0v) is 11.0. The van der Waals surface area contributed by atoms with Gasteiger partial charge in [-0.2, -0.15) is 0 Å². The number of nitrogens with one attached hydrogen (secondary N) is 1. The number of ether oxygens (including phenoxy) is 2. The van der Waals surface area contributed by atoms with E-state index < -0.39 is 0 Å². The Morgan fingerprint density at radius 2 is 2.06 bits per heavy atom. The average Bonchev–Trinajstić information content (AvgIpc) is 2.74. The number of hydrogen-bond donors (Lipinski definition) is 1. The van der Waals surface area contributed by atoms with Crippen molar-refractivity contribution in [2.45, 2.75) is 39.2 Å². The van der Waals surface area contributed by atoms with Crippen LogP contribution in [0.2, 0.25) is 5.02 Å². The van der Waals surface area contributed by atoms with Crippen LogP contribution in [0.4, 0.5) is 5.69 Å². The lowest BCUT2D eigenvalue weighted by Gasteiger charge is -2.16. The first kappa shape index (κ1) is 12.4. The minimum Gasteiger partial charge on any atom is -0.454 e. The van der Waals surface area contributed by atoms with Crippen molar-refractivity contribution in [2.24, 2.45) is 0 Å². The zero-order chi connectivity index (χ0) is 12.3. The second kappa shape index (κ2) is 5.50. The zero-order valence-electron chi connectivity index (χ0n) is 10.3. The Morgan fingerprint density at radius 1 is 1.35 bits per heavy atom. The Morgan fingerprint density at radius 3 is 2.76 bits per heavy atom. The smallest absolute Gasteiger partial charge is 0.231 e. The molecule has 1 unspecified atom stereocenters. The molecule has 1 aromatic carbocycles. The Kier molecular flexibility index (Phi) is 4.00. The second-order valence-electron chi connectivity index (χ2n) is 4.37. The van der Waals surface area contributed by atoms with Crippen molar-refractivity contribution in [1.82, 2.24) is 0 Å². The molecule has 1 aliphatic rings. The van der Waals surface area contributed by atoms with Crippen LogP contribution in [-0.2, 0) is 0 Å². The quantitative estimate of drug-likeness (QED) is 0.861. The fourth-order valence-electron chi connectivity index (χ4n) is 1.88. The molecule has 1 atom stereocenters. The summed E-state index contributed by atoms with van der Waals surface area (Å²) in [6.07, 6.45) is 3.57. The molecule has 0 saturated carbocycles. The van der Waals surface area contributed by atoms with Gasteiger partial charge in [0.25, 0.3) is 0 Å². The van der Waals surface area contributed by atoms with Crippen molar-refractivity contribution in [3.8, 4) is 11.5 Å². The van der Waals surface area contributed by atoms with Gasteiger partial charge in [0.05, 0.1) is 10.7 Å². The van der Waals surface area contributed by atoms with E-state index in [0.29, 0.717) is 11.1 Å². The molecular weight excluding hydrogens is 238 g/mol. The van der Waals surface area contributed by atoms with Crippen molar-refractivity contribution in [3.05, 3.63) is 17.2 Å². The summed E-state index contributed by atoms with van der Waals surface area (Å²) in [5.41, 5.74) is 0.916. The fourth-order valence-corrected chi connectivity index (χ4v) is 2.08. The van der Waals surface area contributed by atoms with Gasteiger partial charge in [-0.15, -0.1) is 0 Å². The molecule has 1 aromatic rings. The number of fused-ring (bicyclic) bond motifs is 1. The largest absolute Gasteiger partial charge is 0.454 e. The summed E-state index contributed by atoms with van der Waals surface area (Å²) in [6.45, 7) is 4.64. The minimum atomic E-state index is 0.278. The monoisotopic (exact) mass is 255 g/mol. The third-order valence-electron chi connectivity index (χ3n) is 2.85. The van der Waals surface area contributed by atoms with E-state index in [1.165, 1.54) is 12.8 Å². The van der Waals surface area contributed by atoms with Crippen LogP contribution in [0.25, 0.3) is 0 Å². The highest BCUT2D eigenvalue weighted by Gasteiger charge is 2.17. The molecular formula is C13H18ClNO2. The first-order chi connectivity index (χ1) is 8.20. The van der Waals surface area contributed by atoms with E-state index in [1.807, 2.05) is 6.07 Å². The van der Waals surface area contributed by atoms with E-state index in [2.05, 4.69) is 19.2 Å². The van der Waals surface area contributed by atoms with E-state index in [1.54, 1.807) is 6.07 Å². The molecule has 94 valence electrons. The van der Waals surface area contributed by atoms with Gasteiger partial charge in [-0.25, -0.2) is 0 Å².